The number of rotatable bonds is 12. The van der Waals surface area contributed by atoms with Gasteiger partial charge in [-0.15, -0.1) is 23.1 Å². The number of nitrogens with zero attached hydrogens (tertiary/aromatic N) is 2. The molecule has 1 aliphatic heterocycles. The van der Waals surface area contributed by atoms with Crippen LogP contribution in [0.2, 0.25) is 0 Å². The Kier molecular flexibility index (Phi) is 13.3. The number of aromatic nitrogens is 1. The summed E-state index contributed by atoms with van der Waals surface area (Å²) < 4.78 is 10.9. The Labute approximate surface area is 322 Å². The normalized spacial score (nSPS) is 13.3. The quantitative estimate of drug-likeness (QED) is 0.0753. The summed E-state index contributed by atoms with van der Waals surface area (Å²) in [4.78, 5) is 73.5. The second kappa shape index (κ2) is 18.0. The van der Waals surface area contributed by atoms with Crippen molar-refractivity contribution in [3.8, 4) is 0 Å². The van der Waals surface area contributed by atoms with Crippen molar-refractivity contribution in [2.75, 3.05) is 23.8 Å². The smallest absolute Gasteiger partial charge is 0.410 e. The molecule has 54 heavy (non-hydrogen) atoms. The molecule has 0 saturated carbocycles. The van der Waals surface area contributed by atoms with Crippen molar-refractivity contribution in [2.24, 2.45) is 0 Å². The zero-order chi connectivity index (χ0) is 38.8. The zero-order valence-corrected chi connectivity index (χ0v) is 32.4. The Hall–Kier alpha value is -5.47. The molecule has 3 heterocycles. The Morgan fingerprint density at radius 2 is 1.78 bits per heavy atom. The highest BCUT2D eigenvalue weighted by atomic mass is 32.2. The largest absolute Gasteiger partial charge is 0.462 e. The van der Waals surface area contributed by atoms with Crippen molar-refractivity contribution in [1.82, 2.24) is 15.2 Å². The Balaban J connectivity index is 1.31. The lowest BCUT2D eigenvalue weighted by Crippen LogP contribution is -2.39. The molecule has 0 saturated heterocycles. The van der Waals surface area contributed by atoms with Gasteiger partial charge in [-0.1, -0.05) is 37.3 Å². The van der Waals surface area contributed by atoms with E-state index in [1.807, 2.05) is 13.0 Å². The average Bonchev–Trinajstić information content (AvgIpc) is 3.51. The molecule has 3 N–H and O–H groups in total. The maximum Gasteiger partial charge on any atom is 0.410 e. The number of nitrogens with one attached hydrogen (secondary N) is 3. The Morgan fingerprint density at radius 3 is 2.46 bits per heavy atom. The summed E-state index contributed by atoms with van der Waals surface area (Å²) in [5, 5.41) is 8.37. The maximum atomic E-state index is 13.8. The molecule has 4 amide bonds. The molecule has 2 aromatic heterocycles. The molecule has 5 rings (SSSR count). The first kappa shape index (κ1) is 39.7. The van der Waals surface area contributed by atoms with Crippen LogP contribution < -0.4 is 16.0 Å². The third-order valence-electron chi connectivity index (χ3n) is 7.98. The molecule has 1 aliphatic rings. The maximum absolute atomic E-state index is 13.8. The number of amides is 4. The fourth-order valence-electron chi connectivity index (χ4n) is 5.49. The van der Waals surface area contributed by atoms with Crippen LogP contribution in [-0.2, 0) is 32.0 Å². The van der Waals surface area contributed by atoms with E-state index in [4.69, 9.17) is 9.47 Å². The molecule has 12 nitrogen and oxygen atoms in total. The van der Waals surface area contributed by atoms with Crippen molar-refractivity contribution in [1.29, 1.82) is 0 Å². The summed E-state index contributed by atoms with van der Waals surface area (Å²) in [6.45, 7) is 9.80. The number of pyridine rings is 1. The van der Waals surface area contributed by atoms with Gasteiger partial charge in [0, 0.05) is 40.0 Å². The lowest BCUT2D eigenvalue weighted by Gasteiger charge is -2.30. The zero-order valence-electron chi connectivity index (χ0n) is 30.8. The van der Waals surface area contributed by atoms with Crippen LogP contribution in [0.3, 0.4) is 0 Å². The number of ether oxygens (including phenoxy) is 2. The molecule has 4 aromatic rings. The molecule has 14 heteroatoms. The molecule has 0 aliphatic carbocycles. The lowest BCUT2D eigenvalue weighted by atomic mass is 10.0. The van der Waals surface area contributed by atoms with Crippen molar-refractivity contribution in [3.63, 3.8) is 0 Å². The van der Waals surface area contributed by atoms with E-state index in [1.165, 1.54) is 23.1 Å². The summed E-state index contributed by atoms with van der Waals surface area (Å²) in [6, 6.07) is 19.1. The predicted molar refractivity (Wildman–Crippen MR) is 210 cm³/mol. The van der Waals surface area contributed by atoms with Crippen LogP contribution in [-0.4, -0.2) is 63.7 Å². The van der Waals surface area contributed by atoms with Crippen molar-refractivity contribution in [3.05, 3.63) is 112 Å². The van der Waals surface area contributed by atoms with Gasteiger partial charge >= 0.3 is 12.1 Å². The van der Waals surface area contributed by atoms with Crippen LogP contribution in [0.25, 0.3) is 6.08 Å². The van der Waals surface area contributed by atoms with Crippen LogP contribution in [0.5, 0.6) is 0 Å². The van der Waals surface area contributed by atoms with Gasteiger partial charge in [0.25, 0.3) is 11.8 Å². The highest BCUT2D eigenvalue weighted by molar-refractivity contribution is 8.00. The molecular weight excluding hydrogens is 727 g/mol. The molecule has 0 spiro atoms. The number of fused-ring (bicyclic) bond motifs is 1. The van der Waals surface area contributed by atoms with Gasteiger partial charge in [0.15, 0.2) is 0 Å². The van der Waals surface area contributed by atoms with Crippen molar-refractivity contribution in [2.45, 2.75) is 69.8 Å². The van der Waals surface area contributed by atoms with Gasteiger partial charge in [0.2, 0.25) is 5.91 Å². The number of esters is 1. The van der Waals surface area contributed by atoms with E-state index in [1.54, 1.807) is 112 Å². The molecule has 0 radical (unpaired) electrons. The average molecular weight is 770 g/mol. The van der Waals surface area contributed by atoms with Crippen LogP contribution in [0, 0.1) is 0 Å². The van der Waals surface area contributed by atoms with Crippen LogP contribution >= 0.6 is 23.1 Å². The van der Waals surface area contributed by atoms with Gasteiger partial charge in [0.1, 0.15) is 16.3 Å². The minimum Gasteiger partial charge on any atom is -0.462 e. The molecular formula is C40H43N5O7S2. The highest BCUT2D eigenvalue weighted by Crippen LogP contribution is 2.39. The SMILES string of the molecule is CCOC(=O)c1c(NC(=O)C(CC)Sc2cccc(NC(=O)/C(=C/c3cccnc3)NC(=O)c3ccccc3)c2)sc2c1CCN(C(=O)OC(C)(C)C)C2. The molecule has 1 atom stereocenters. The highest BCUT2D eigenvalue weighted by Gasteiger charge is 2.33. The van der Waals surface area contributed by atoms with E-state index in [-0.39, 0.29) is 24.8 Å². The number of anilines is 2. The first-order valence-corrected chi connectivity index (χ1v) is 19.2. The van der Waals surface area contributed by atoms with Crippen molar-refractivity contribution >= 4 is 69.6 Å². The molecule has 2 aromatic carbocycles. The molecule has 0 bridgehead atoms. The molecule has 1 unspecified atom stereocenters. The van der Waals surface area contributed by atoms with E-state index >= 15 is 0 Å². The fourth-order valence-corrected chi connectivity index (χ4v) is 7.76. The summed E-state index contributed by atoms with van der Waals surface area (Å²) in [7, 11) is 0. The number of carbonyl (C=O) groups is 5. The first-order valence-electron chi connectivity index (χ1n) is 17.5. The predicted octanol–water partition coefficient (Wildman–Crippen LogP) is 7.53. The number of hydrogen-bond acceptors (Lipinski definition) is 10. The first-order chi connectivity index (χ1) is 25.8. The molecule has 282 valence electrons. The van der Waals surface area contributed by atoms with E-state index in [0.717, 1.165) is 10.4 Å². The summed E-state index contributed by atoms with van der Waals surface area (Å²) in [5.41, 5.74) is 1.91. The van der Waals surface area contributed by atoms with E-state index < -0.39 is 34.7 Å². The third kappa shape index (κ3) is 10.6. The number of thiophene rings is 1. The van der Waals surface area contributed by atoms with Crippen LogP contribution in [0.15, 0.2) is 89.7 Å². The second-order valence-corrected chi connectivity index (χ2v) is 15.6. The van der Waals surface area contributed by atoms with Gasteiger partial charge in [-0.3, -0.25) is 19.4 Å². The minimum atomic E-state index is -0.652. The number of hydrogen-bond donors (Lipinski definition) is 3. The van der Waals surface area contributed by atoms with E-state index in [9.17, 15) is 24.0 Å². The fraction of sp³-hybridized carbons (Fsp3) is 0.300. The third-order valence-corrected chi connectivity index (χ3v) is 10.5. The number of carbonyl (C=O) groups excluding carboxylic acids is 5. The van der Waals surface area contributed by atoms with Crippen molar-refractivity contribution < 1.29 is 33.4 Å². The van der Waals surface area contributed by atoms with E-state index in [0.29, 0.717) is 51.7 Å². The van der Waals surface area contributed by atoms with Gasteiger partial charge < -0.3 is 30.3 Å². The lowest BCUT2D eigenvalue weighted by molar-refractivity contribution is -0.116. The monoisotopic (exact) mass is 769 g/mol. The summed E-state index contributed by atoms with van der Waals surface area (Å²) >= 11 is 2.56. The Morgan fingerprint density at radius 1 is 1.00 bits per heavy atom. The molecule has 0 fully saturated rings. The summed E-state index contributed by atoms with van der Waals surface area (Å²) in [6.07, 6.45) is 5.16. The van der Waals surface area contributed by atoms with E-state index in [2.05, 4.69) is 20.9 Å². The van der Waals surface area contributed by atoms with Gasteiger partial charge in [-0.2, -0.15) is 0 Å². The second-order valence-electron chi connectivity index (χ2n) is 13.2. The van der Waals surface area contributed by atoms with Gasteiger partial charge in [-0.25, -0.2) is 9.59 Å². The summed E-state index contributed by atoms with van der Waals surface area (Å²) in [5.74, 6) is -1.83. The number of benzene rings is 2. The minimum absolute atomic E-state index is 0.0194. The van der Waals surface area contributed by atoms with Gasteiger partial charge in [-0.05, 0) is 94.1 Å². The number of thioether (sulfide) groups is 1. The topological polar surface area (TPSA) is 156 Å². The van der Waals surface area contributed by atoms with Crippen LogP contribution in [0.4, 0.5) is 15.5 Å². The standard InChI is InChI=1S/C40H43N5O7S2/c1-6-31(36(48)44-37-33(38(49)51-7-2)29-18-20-45(24-32(29)54-37)39(50)52-40(3,4)5)53-28-17-11-16-27(22-28)42-35(47)30(21-25-13-12-19-41-23-25)43-34(46)26-14-9-8-10-15-26/h8-17,19,21-23,31H,6-7,18,20,24H2,1-5H3,(H,42,47)(H,43,46)(H,44,48)/b30-21-. The van der Waals surface area contributed by atoms with Crippen LogP contribution in [0.1, 0.15) is 77.8 Å². The Bertz CT molecular complexity index is 2030. The van der Waals surface area contributed by atoms with Gasteiger partial charge in [0.05, 0.1) is 24.0 Å².